The van der Waals surface area contributed by atoms with Crippen molar-refractivity contribution in [2.24, 2.45) is 0 Å². The lowest BCUT2D eigenvalue weighted by Gasteiger charge is -2.45. The molecule has 0 unspecified atom stereocenters. The van der Waals surface area contributed by atoms with Gasteiger partial charge in [-0.15, -0.1) is 0 Å². The second-order valence-electron chi connectivity index (χ2n) is 17.6. The van der Waals surface area contributed by atoms with Crippen molar-refractivity contribution >= 4 is 108 Å². The van der Waals surface area contributed by atoms with Gasteiger partial charge in [-0.2, -0.15) is 0 Å². The molecule has 0 amide bonds. The topological polar surface area (TPSA) is 11.4 Å². The van der Waals surface area contributed by atoms with Gasteiger partial charge in [-0.3, -0.25) is 0 Å². The maximum absolute atomic E-state index is 2.80. The number of nitrogens with zero attached hydrogens (tertiary/aromatic N) is 3. The zero-order valence-corrected chi connectivity index (χ0v) is 36.5. The van der Waals surface area contributed by atoms with E-state index in [0.29, 0.717) is 0 Å². The Labute approximate surface area is 379 Å². The van der Waals surface area contributed by atoms with Gasteiger partial charge in [0.2, 0.25) is 0 Å². The lowest BCUT2D eigenvalue weighted by molar-refractivity contribution is 1.16. The Morgan fingerprint density at radius 2 is 0.815 bits per heavy atom. The lowest BCUT2D eigenvalue weighted by Crippen LogP contribution is -2.73. The van der Waals surface area contributed by atoms with Crippen LogP contribution in [0, 0.1) is 0 Å². The Bertz CT molecular complexity index is 3590. The van der Waals surface area contributed by atoms with Crippen molar-refractivity contribution in [3.05, 3.63) is 243 Å². The van der Waals surface area contributed by atoms with Crippen LogP contribution in [0.2, 0.25) is 0 Å². The Kier molecular flexibility index (Phi) is 7.80. The van der Waals surface area contributed by atoms with Gasteiger partial charge in [0.25, 0.3) is 6.71 Å². The highest BCUT2D eigenvalue weighted by atomic mass is 28.3. The number of benzene rings is 10. The van der Waals surface area contributed by atoms with Gasteiger partial charge in [0.05, 0.1) is 16.7 Å². The number of anilines is 6. The summed E-state index contributed by atoms with van der Waals surface area (Å²) in [5, 5.41) is 8.22. The first-order valence-corrected chi connectivity index (χ1v) is 24.6. The van der Waals surface area contributed by atoms with Crippen molar-refractivity contribution in [1.29, 1.82) is 0 Å². The summed E-state index contributed by atoms with van der Waals surface area (Å²) in [6.07, 6.45) is 0. The third-order valence-electron chi connectivity index (χ3n) is 14.4. The maximum atomic E-state index is 2.67. The van der Waals surface area contributed by atoms with Crippen molar-refractivity contribution in [3.8, 4) is 16.8 Å². The molecule has 5 heteroatoms. The number of hydrogen-bond acceptors (Lipinski definition) is 2. The molecule has 0 fully saturated rings. The first-order valence-electron chi connectivity index (χ1n) is 22.6. The van der Waals surface area contributed by atoms with Crippen LogP contribution in [-0.2, 0) is 0 Å². The first kappa shape index (κ1) is 36.4. The molecular weight excluding hydrogens is 802 g/mol. The molecule has 3 aliphatic rings. The van der Waals surface area contributed by atoms with Gasteiger partial charge >= 0.3 is 0 Å². The maximum Gasteiger partial charge on any atom is 0.252 e. The second kappa shape index (κ2) is 13.9. The van der Waals surface area contributed by atoms with E-state index in [-0.39, 0.29) is 6.71 Å². The molecular formula is C60H40BN3Si. The summed E-state index contributed by atoms with van der Waals surface area (Å²) in [5.74, 6) is 0. The Morgan fingerprint density at radius 3 is 1.43 bits per heavy atom. The molecule has 0 aliphatic carbocycles. The monoisotopic (exact) mass is 841 g/mol. The SMILES string of the molecule is c1ccc(N2c3ccccc3B3c4cc5c(cc4N(c4ccccc4)c4cc(-n6c7ccccc7c7ccccc76)cc2c43)-c2ccccc2[Si]5(c2ccccc2)c2ccccc2)cc1. The first-order chi connectivity index (χ1) is 32.3. The quantitative estimate of drug-likeness (QED) is 0.160. The van der Waals surface area contributed by atoms with Crippen molar-refractivity contribution in [1.82, 2.24) is 4.57 Å². The van der Waals surface area contributed by atoms with Gasteiger partial charge in [-0.1, -0.05) is 182 Å². The summed E-state index contributed by atoms with van der Waals surface area (Å²) in [6.45, 7) is -0.0365. The fourth-order valence-electron chi connectivity index (χ4n) is 11.9. The average molecular weight is 842 g/mol. The van der Waals surface area contributed by atoms with Crippen LogP contribution in [0.5, 0.6) is 0 Å². The van der Waals surface area contributed by atoms with Gasteiger partial charge in [0.1, 0.15) is 0 Å². The van der Waals surface area contributed by atoms with Crippen LogP contribution in [0.4, 0.5) is 34.1 Å². The highest BCUT2D eigenvalue weighted by Crippen LogP contribution is 2.47. The third-order valence-corrected chi connectivity index (χ3v) is 19.3. The summed E-state index contributed by atoms with van der Waals surface area (Å²) >= 11 is 0. The third kappa shape index (κ3) is 5.01. The van der Waals surface area contributed by atoms with E-state index >= 15 is 0 Å². The van der Waals surface area contributed by atoms with Gasteiger partial charge in [0, 0.05) is 44.9 Å². The zero-order chi connectivity index (χ0) is 42.6. The van der Waals surface area contributed by atoms with Crippen molar-refractivity contribution < 1.29 is 0 Å². The molecule has 0 bridgehead atoms. The lowest BCUT2D eigenvalue weighted by atomic mass is 9.33. The van der Waals surface area contributed by atoms with Crippen LogP contribution in [0.3, 0.4) is 0 Å². The molecule has 0 saturated heterocycles. The number of aromatic nitrogens is 1. The van der Waals surface area contributed by atoms with E-state index in [2.05, 4.69) is 257 Å². The Morgan fingerprint density at radius 1 is 0.323 bits per heavy atom. The normalized spacial score (nSPS) is 13.9. The smallest absolute Gasteiger partial charge is 0.252 e. The fraction of sp³-hybridized carbons (Fsp3) is 0. The Balaban J connectivity index is 1.14. The van der Waals surface area contributed by atoms with Crippen LogP contribution in [0.1, 0.15) is 0 Å². The van der Waals surface area contributed by atoms with E-state index in [9.17, 15) is 0 Å². The minimum Gasteiger partial charge on any atom is -0.311 e. The number of rotatable bonds is 5. The van der Waals surface area contributed by atoms with Crippen LogP contribution < -0.4 is 46.9 Å². The summed E-state index contributed by atoms with van der Waals surface area (Å²) in [5.41, 5.74) is 17.2. The molecule has 0 radical (unpaired) electrons. The summed E-state index contributed by atoms with van der Waals surface area (Å²) < 4.78 is 2.48. The molecule has 302 valence electrons. The van der Waals surface area contributed by atoms with Gasteiger partial charge in [0.15, 0.2) is 8.07 Å². The molecule has 14 rings (SSSR count). The molecule has 10 aromatic carbocycles. The van der Waals surface area contributed by atoms with Gasteiger partial charge in [-0.25, -0.2) is 0 Å². The molecule has 0 N–H and O–H groups in total. The number of fused-ring (bicyclic) bond motifs is 10. The fourth-order valence-corrected chi connectivity index (χ4v) is 17.1. The highest BCUT2D eigenvalue weighted by Gasteiger charge is 2.51. The summed E-state index contributed by atoms with van der Waals surface area (Å²) in [6, 6.07) is 91.2. The predicted octanol–water partition coefficient (Wildman–Crippen LogP) is 10.2. The van der Waals surface area contributed by atoms with Crippen LogP contribution in [0.25, 0.3) is 38.6 Å². The van der Waals surface area contributed by atoms with Crippen LogP contribution >= 0.6 is 0 Å². The molecule has 65 heavy (non-hydrogen) atoms. The van der Waals surface area contributed by atoms with Crippen molar-refractivity contribution in [3.63, 3.8) is 0 Å². The van der Waals surface area contributed by atoms with E-state index < -0.39 is 8.07 Å². The molecule has 3 aliphatic heterocycles. The molecule has 0 atom stereocenters. The highest BCUT2D eigenvalue weighted by molar-refractivity contribution is 7.22. The summed E-state index contributed by atoms with van der Waals surface area (Å²) in [4.78, 5) is 5.10. The Hall–Kier alpha value is -8.12. The molecule has 3 nitrogen and oxygen atoms in total. The standard InChI is InChI=1S/C60H40BN3Si/c1-5-21-41(22-6-1)62-54-35-19-16-32-50(54)61-51-40-59-49(48-31-15-20-36-58(48)65(59,44-25-9-3-10-26-44)45-27-11-4-12-28-45)39-55(51)63(42-23-7-2-8-24-42)57-38-43(37-56(62)60(57)61)64-52-33-17-13-29-46(52)47-30-14-18-34-53(47)64/h1-40H. The van der Waals surface area contributed by atoms with Crippen LogP contribution in [-0.4, -0.2) is 19.4 Å². The van der Waals surface area contributed by atoms with E-state index in [1.54, 1.807) is 0 Å². The van der Waals surface area contributed by atoms with E-state index in [0.717, 1.165) is 17.1 Å². The summed E-state index contributed by atoms with van der Waals surface area (Å²) in [7, 11) is -2.80. The largest absolute Gasteiger partial charge is 0.311 e. The average Bonchev–Trinajstić information content (AvgIpc) is 3.87. The zero-order valence-electron chi connectivity index (χ0n) is 35.5. The predicted molar refractivity (Wildman–Crippen MR) is 277 cm³/mol. The minimum atomic E-state index is -2.80. The van der Waals surface area contributed by atoms with Gasteiger partial charge < -0.3 is 14.4 Å². The van der Waals surface area contributed by atoms with Gasteiger partial charge in [-0.05, 0) is 109 Å². The van der Waals surface area contributed by atoms with E-state index in [4.69, 9.17) is 0 Å². The van der Waals surface area contributed by atoms with Crippen molar-refractivity contribution in [2.75, 3.05) is 9.80 Å². The second-order valence-corrected chi connectivity index (χ2v) is 21.3. The van der Waals surface area contributed by atoms with Crippen molar-refractivity contribution in [2.45, 2.75) is 0 Å². The minimum absolute atomic E-state index is 0.0365. The number of para-hydroxylation sites is 5. The molecule has 4 heterocycles. The molecule has 0 spiro atoms. The number of hydrogen-bond donors (Lipinski definition) is 0. The molecule has 1 aromatic heterocycles. The molecule has 0 saturated carbocycles. The molecule has 11 aromatic rings. The van der Waals surface area contributed by atoms with E-state index in [1.165, 1.54) is 92.8 Å². The van der Waals surface area contributed by atoms with E-state index in [1.807, 2.05) is 0 Å². The van der Waals surface area contributed by atoms with Crippen LogP contribution in [0.15, 0.2) is 243 Å².